The Bertz CT molecular complexity index is 1260. The van der Waals surface area contributed by atoms with Crippen LogP contribution in [0.3, 0.4) is 0 Å². The SMILES string of the molecule is O=c1nc([O-])c2ccc3sc4ccccc4c4ccc1c2c34. The number of pyridine rings is 1. The van der Waals surface area contributed by atoms with Gasteiger partial charge in [0.25, 0.3) is 5.56 Å². The highest BCUT2D eigenvalue weighted by atomic mass is 32.1. The first-order valence-corrected chi connectivity index (χ1v) is 7.73. The zero-order chi connectivity index (χ0) is 14.8. The first kappa shape index (κ1) is 11.9. The predicted molar refractivity (Wildman–Crippen MR) is 89.0 cm³/mol. The minimum Gasteiger partial charge on any atom is -0.858 e. The summed E-state index contributed by atoms with van der Waals surface area (Å²) in [5.41, 5.74) is -0.440. The van der Waals surface area contributed by atoms with E-state index in [0.29, 0.717) is 10.8 Å². The van der Waals surface area contributed by atoms with Crippen molar-refractivity contribution in [2.24, 2.45) is 0 Å². The Morgan fingerprint density at radius 2 is 1.55 bits per heavy atom. The molecule has 3 nitrogen and oxygen atoms in total. The third-order valence-corrected chi connectivity index (χ3v) is 5.32. The van der Waals surface area contributed by atoms with E-state index in [0.717, 1.165) is 26.2 Å². The van der Waals surface area contributed by atoms with Gasteiger partial charge in [0, 0.05) is 20.2 Å². The second kappa shape index (κ2) is 3.93. The highest BCUT2D eigenvalue weighted by molar-refractivity contribution is 7.25. The second-order valence-corrected chi connectivity index (χ2v) is 6.43. The molecule has 5 rings (SSSR count). The van der Waals surface area contributed by atoms with Crippen molar-refractivity contribution in [3.8, 4) is 5.88 Å². The van der Waals surface area contributed by atoms with Crippen molar-refractivity contribution in [3.63, 3.8) is 0 Å². The third-order valence-electron chi connectivity index (χ3n) is 4.18. The Morgan fingerprint density at radius 1 is 0.773 bits per heavy atom. The van der Waals surface area contributed by atoms with Crippen molar-refractivity contribution in [1.29, 1.82) is 0 Å². The molecule has 0 N–H and O–H groups in total. The van der Waals surface area contributed by atoms with Gasteiger partial charge in [0.2, 0.25) is 0 Å². The van der Waals surface area contributed by atoms with Gasteiger partial charge in [-0.1, -0.05) is 30.3 Å². The molecule has 0 fully saturated rings. The van der Waals surface area contributed by atoms with Crippen LogP contribution in [-0.4, -0.2) is 4.98 Å². The molecule has 5 aromatic rings. The summed E-state index contributed by atoms with van der Waals surface area (Å²) >= 11 is 1.68. The molecule has 2 aromatic heterocycles. The Morgan fingerprint density at radius 3 is 2.45 bits per heavy atom. The zero-order valence-electron chi connectivity index (χ0n) is 11.3. The second-order valence-electron chi connectivity index (χ2n) is 5.34. The minimum absolute atomic E-state index is 0.440. The van der Waals surface area contributed by atoms with E-state index in [4.69, 9.17) is 0 Å². The summed E-state index contributed by atoms with van der Waals surface area (Å²) in [5.74, 6) is -0.440. The van der Waals surface area contributed by atoms with Gasteiger partial charge in [0.15, 0.2) is 0 Å². The number of nitrogens with zero attached hydrogens (tertiary/aromatic N) is 1. The van der Waals surface area contributed by atoms with Crippen LogP contribution in [0.4, 0.5) is 0 Å². The van der Waals surface area contributed by atoms with Crippen LogP contribution in [0.15, 0.2) is 53.3 Å². The minimum atomic E-state index is -0.440. The standard InChI is InChI=1S/C18H9NO2S/c20-17-11-6-5-10-9-3-1-2-4-13(9)22-14-8-7-12(18(21)19-17)15(11)16(10)14/h1-8H,(H,19,20,21)/p-1. The summed E-state index contributed by atoms with van der Waals surface area (Å²) in [5, 5.41) is 17.1. The zero-order valence-corrected chi connectivity index (χ0v) is 12.1. The molecule has 3 aromatic carbocycles. The van der Waals surface area contributed by atoms with E-state index < -0.39 is 11.4 Å². The first-order chi connectivity index (χ1) is 10.7. The molecule has 22 heavy (non-hydrogen) atoms. The van der Waals surface area contributed by atoms with Gasteiger partial charge >= 0.3 is 0 Å². The lowest BCUT2D eigenvalue weighted by Crippen LogP contribution is -2.10. The molecule has 0 aliphatic heterocycles. The van der Waals surface area contributed by atoms with Crippen molar-refractivity contribution in [3.05, 3.63) is 58.9 Å². The molecule has 0 saturated heterocycles. The predicted octanol–water partition coefficient (Wildman–Crippen LogP) is 3.63. The highest BCUT2D eigenvalue weighted by Crippen LogP contribution is 2.40. The molecule has 0 radical (unpaired) electrons. The molecular weight excluding hydrogens is 294 g/mol. The van der Waals surface area contributed by atoms with Crippen molar-refractivity contribution in [2.75, 3.05) is 0 Å². The summed E-state index contributed by atoms with van der Waals surface area (Å²) in [6, 6.07) is 15.7. The smallest absolute Gasteiger partial charge is 0.277 e. The summed E-state index contributed by atoms with van der Waals surface area (Å²) in [6.45, 7) is 0. The molecule has 0 atom stereocenters. The third kappa shape index (κ3) is 1.35. The Labute approximate surface area is 128 Å². The van der Waals surface area contributed by atoms with Crippen LogP contribution >= 0.6 is 11.3 Å². The van der Waals surface area contributed by atoms with Crippen molar-refractivity contribution >= 4 is 53.1 Å². The van der Waals surface area contributed by atoms with Gasteiger partial charge in [-0.25, -0.2) is 4.98 Å². The maximum absolute atomic E-state index is 12.1. The van der Waals surface area contributed by atoms with E-state index in [-0.39, 0.29) is 0 Å². The monoisotopic (exact) mass is 302 g/mol. The highest BCUT2D eigenvalue weighted by Gasteiger charge is 2.13. The summed E-state index contributed by atoms with van der Waals surface area (Å²) in [6.07, 6.45) is 0. The Hall–Kier alpha value is -2.72. The Kier molecular flexibility index (Phi) is 2.12. The number of fused-ring (bicyclic) bond motifs is 2. The van der Waals surface area contributed by atoms with Gasteiger partial charge in [-0.3, -0.25) is 4.79 Å². The maximum atomic E-state index is 12.1. The largest absolute Gasteiger partial charge is 0.858 e. The maximum Gasteiger partial charge on any atom is 0.277 e. The van der Waals surface area contributed by atoms with Crippen LogP contribution in [0.25, 0.3) is 41.7 Å². The van der Waals surface area contributed by atoms with Gasteiger partial charge in [0.1, 0.15) is 0 Å². The van der Waals surface area contributed by atoms with E-state index in [1.165, 1.54) is 4.70 Å². The van der Waals surface area contributed by atoms with Gasteiger partial charge in [0.05, 0.1) is 5.39 Å². The van der Waals surface area contributed by atoms with Gasteiger partial charge < -0.3 is 5.11 Å². The normalized spacial score (nSPS) is 12.0. The molecule has 0 aliphatic rings. The van der Waals surface area contributed by atoms with Crippen molar-refractivity contribution in [1.82, 2.24) is 4.98 Å². The quantitative estimate of drug-likeness (QED) is 0.324. The van der Waals surface area contributed by atoms with Gasteiger partial charge in [-0.15, -0.1) is 11.3 Å². The van der Waals surface area contributed by atoms with Crippen molar-refractivity contribution < 1.29 is 5.11 Å². The van der Waals surface area contributed by atoms with Crippen LogP contribution in [-0.2, 0) is 0 Å². The average Bonchev–Trinajstić information content (AvgIpc) is 2.54. The first-order valence-electron chi connectivity index (χ1n) is 6.91. The number of hydrogen-bond acceptors (Lipinski definition) is 4. The lowest BCUT2D eigenvalue weighted by atomic mass is 9.98. The van der Waals surface area contributed by atoms with Crippen molar-refractivity contribution in [2.45, 2.75) is 0 Å². The number of hydrogen-bond donors (Lipinski definition) is 0. The molecule has 0 bridgehead atoms. The molecule has 0 unspecified atom stereocenters. The number of benzene rings is 3. The van der Waals surface area contributed by atoms with Gasteiger partial charge in [-0.2, -0.15) is 0 Å². The molecule has 104 valence electrons. The van der Waals surface area contributed by atoms with Crippen LogP contribution in [0.2, 0.25) is 0 Å². The average molecular weight is 302 g/mol. The van der Waals surface area contributed by atoms with E-state index in [9.17, 15) is 9.90 Å². The molecule has 0 spiro atoms. The fraction of sp³-hybridized carbons (Fsp3) is 0. The summed E-state index contributed by atoms with van der Waals surface area (Å²) in [4.78, 5) is 15.7. The fourth-order valence-electron chi connectivity index (χ4n) is 3.24. The molecule has 0 saturated carbocycles. The van der Waals surface area contributed by atoms with E-state index in [1.807, 2.05) is 24.3 Å². The van der Waals surface area contributed by atoms with Crippen LogP contribution in [0, 0.1) is 0 Å². The summed E-state index contributed by atoms with van der Waals surface area (Å²) < 4.78 is 2.27. The fourth-order valence-corrected chi connectivity index (χ4v) is 4.36. The Balaban J connectivity index is 2.24. The molecule has 0 aliphatic carbocycles. The lowest BCUT2D eigenvalue weighted by Gasteiger charge is -2.15. The van der Waals surface area contributed by atoms with Gasteiger partial charge in [-0.05, 0) is 40.2 Å². The van der Waals surface area contributed by atoms with E-state index in [1.54, 1.807) is 23.5 Å². The molecule has 0 amide bonds. The van der Waals surface area contributed by atoms with Crippen LogP contribution in [0.1, 0.15) is 0 Å². The molecule has 2 heterocycles. The molecule has 4 heteroatoms. The molecular formula is C18H8NO2S-. The van der Waals surface area contributed by atoms with Crippen LogP contribution in [0.5, 0.6) is 5.88 Å². The number of rotatable bonds is 0. The van der Waals surface area contributed by atoms with E-state index in [2.05, 4.69) is 17.1 Å². The van der Waals surface area contributed by atoms with E-state index >= 15 is 0 Å². The number of aromatic nitrogens is 1. The van der Waals surface area contributed by atoms with Crippen LogP contribution < -0.4 is 10.7 Å². The lowest BCUT2D eigenvalue weighted by molar-refractivity contribution is -0.272. The summed E-state index contributed by atoms with van der Waals surface area (Å²) in [7, 11) is 0. The topological polar surface area (TPSA) is 53.0 Å².